The van der Waals surface area contributed by atoms with Crippen LogP contribution in [0.4, 0.5) is 0 Å². The molecule has 2 N–H and O–H groups in total. The molecule has 1 aliphatic carbocycles. The summed E-state index contributed by atoms with van der Waals surface area (Å²) in [6.07, 6.45) is 5.23. The molecule has 0 bridgehead atoms. The summed E-state index contributed by atoms with van der Waals surface area (Å²) >= 11 is 3.63. The van der Waals surface area contributed by atoms with Crippen molar-refractivity contribution in [3.05, 3.63) is 34.3 Å². The lowest BCUT2D eigenvalue weighted by Gasteiger charge is -2.18. The molecule has 114 valence electrons. The molecule has 1 aromatic rings. The van der Waals surface area contributed by atoms with Crippen molar-refractivity contribution in [2.45, 2.75) is 37.5 Å². The summed E-state index contributed by atoms with van der Waals surface area (Å²) in [7, 11) is 0. The van der Waals surface area contributed by atoms with E-state index >= 15 is 0 Å². The van der Waals surface area contributed by atoms with Gasteiger partial charge in [-0.15, -0.1) is 0 Å². The molecule has 1 atom stereocenters. The molecule has 1 heterocycles. The van der Waals surface area contributed by atoms with Gasteiger partial charge in [-0.25, -0.2) is 0 Å². The second-order valence-electron chi connectivity index (χ2n) is 6.43. The molecule has 1 unspecified atom stereocenters. The first-order chi connectivity index (χ1) is 10.2. The van der Waals surface area contributed by atoms with Crippen LogP contribution in [0.1, 0.15) is 37.7 Å². The number of hydrogen-bond donors (Lipinski definition) is 2. The van der Waals surface area contributed by atoms with E-state index in [1.54, 1.807) is 0 Å². The van der Waals surface area contributed by atoms with Crippen molar-refractivity contribution in [2.75, 3.05) is 19.6 Å². The van der Waals surface area contributed by atoms with Gasteiger partial charge in [0.25, 0.3) is 0 Å². The Balaban J connectivity index is 1.48. The maximum absolute atomic E-state index is 12.0. The van der Waals surface area contributed by atoms with Crippen LogP contribution in [0, 0.1) is 5.92 Å². The second-order valence-corrected chi connectivity index (χ2v) is 7.29. The van der Waals surface area contributed by atoms with E-state index in [9.17, 15) is 4.79 Å². The van der Waals surface area contributed by atoms with Crippen LogP contribution in [-0.2, 0) is 10.2 Å². The van der Waals surface area contributed by atoms with Gasteiger partial charge in [0.15, 0.2) is 0 Å². The van der Waals surface area contributed by atoms with E-state index in [0.29, 0.717) is 12.3 Å². The largest absolute Gasteiger partial charge is 0.355 e. The van der Waals surface area contributed by atoms with Crippen molar-refractivity contribution < 1.29 is 4.79 Å². The summed E-state index contributed by atoms with van der Waals surface area (Å²) in [4.78, 5) is 12.0. The SMILES string of the molecule is O=C(CCC1CCNC1)NCC1(c2ccccc2Br)CC1. The van der Waals surface area contributed by atoms with Gasteiger partial charge in [-0.2, -0.15) is 0 Å². The fourth-order valence-electron chi connectivity index (χ4n) is 3.24. The molecule has 2 fully saturated rings. The number of amides is 1. The molecule has 0 aromatic heterocycles. The van der Waals surface area contributed by atoms with Crippen LogP contribution in [0.5, 0.6) is 0 Å². The van der Waals surface area contributed by atoms with Crippen LogP contribution in [0.25, 0.3) is 0 Å². The molecule has 4 heteroatoms. The molecular formula is C17H23BrN2O. The van der Waals surface area contributed by atoms with Gasteiger partial charge in [-0.05, 0) is 56.3 Å². The maximum atomic E-state index is 12.0. The Bertz CT molecular complexity index is 507. The summed E-state index contributed by atoms with van der Waals surface area (Å²) in [5, 5.41) is 6.51. The Morgan fingerprint density at radius 1 is 1.38 bits per heavy atom. The number of carbonyl (C=O) groups is 1. The highest BCUT2D eigenvalue weighted by Gasteiger charge is 2.45. The third kappa shape index (κ3) is 3.67. The third-order valence-corrected chi connectivity index (χ3v) is 5.56. The molecule has 21 heavy (non-hydrogen) atoms. The number of benzene rings is 1. The van der Waals surface area contributed by atoms with Gasteiger partial charge in [0.2, 0.25) is 5.91 Å². The van der Waals surface area contributed by atoms with Crippen LogP contribution in [-0.4, -0.2) is 25.5 Å². The first-order valence-electron chi connectivity index (χ1n) is 7.92. The number of hydrogen-bond acceptors (Lipinski definition) is 2. The van der Waals surface area contributed by atoms with Crippen molar-refractivity contribution in [1.29, 1.82) is 0 Å². The van der Waals surface area contributed by atoms with Crippen molar-refractivity contribution in [2.24, 2.45) is 5.92 Å². The Morgan fingerprint density at radius 2 is 2.19 bits per heavy atom. The predicted octanol–water partition coefficient (Wildman–Crippen LogP) is 2.99. The minimum absolute atomic E-state index is 0.171. The molecule has 1 aliphatic heterocycles. The predicted molar refractivity (Wildman–Crippen MR) is 88.3 cm³/mol. The molecule has 2 aliphatic rings. The van der Waals surface area contributed by atoms with Gasteiger partial charge in [0, 0.05) is 22.9 Å². The zero-order chi connectivity index (χ0) is 14.7. The summed E-state index contributed by atoms with van der Waals surface area (Å²) < 4.78 is 1.16. The zero-order valence-corrected chi connectivity index (χ0v) is 13.9. The number of nitrogens with one attached hydrogen (secondary N) is 2. The van der Waals surface area contributed by atoms with E-state index in [4.69, 9.17) is 0 Å². The van der Waals surface area contributed by atoms with Crippen molar-refractivity contribution in [1.82, 2.24) is 10.6 Å². The number of halogens is 1. The highest BCUT2D eigenvalue weighted by molar-refractivity contribution is 9.10. The second kappa shape index (κ2) is 6.49. The lowest BCUT2D eigenvalue weighted by Crippen LogP contribution is -2.32. The third-order valence-electron chi connectivity index (χ3n) is 4.86. The van der Waals surface area contributed by atoms with E-state index in [2.05, 4.69) is 44.8 Å². The fourth-order valence-corrected chi connectivity index (χ4v) is 3.94. The summed E-state index contributed by atoms with van der Waals surface area (Å²) in [6.45, 7) is 2.96. The smallest absolute Gasteiger partial charge is 0.220 e. The lowest BCUT2D eigenvalue weighted by atomic mass is 9.95. The summed E-state index contributed by atoms with van der Waals surface area (Å²) in [5.41, 5.74) is 1.51. The maximum Gasteiger partial charge on any atom is 0.220 e. The Morgan fingerprint density at radius 3 is 2.86 bits per heavy atom. The van der Waals surface area contributed by atoms with Gasteiger partial charge >= 0.3 is 0 Å². The molecule has 1 saturated heterocycles. The van der Waals surface area contributed by atoms with Crippen molar-refractivity contribution in [3.63, 3.8) is 0 Å². The van der Waals surface area contributed by atoms with Gasteiger partial charge in [-0.1, -0.05) is 34.1 Å². The minimum atomic E-state index is 0.171. The molecule has 1 saturated carbocycles. The molecular weight excluding hydrogens is 328 g/mol. The van der Waals surface area contributed by atoms with Crippen LogP contribution in [0.3, 0.4) is 0 Å². The fraction of sp³-hybridized carbons (Fsp3) is 0.588. The van der Waals surface area contributed by atoms with Gasteiger partial charge in [0.05, 0.1) is 0 Å². The summed E-state index contributed by atoms with van der Waals surface area (Å²) in [6, 6.07) is 8.38. The average Bonchev–Trinajstić information content (AvgIpc) is 3.09. The van der Waals surface area contributed by atoms with Crippen LogP contribution >= 0.6 is 15.9 Å². The van der Waals surface area contributed by atoms with Gasteiger partial charge in [0.1, 0.15) is 0 Å². The molecule has 1 aromatic carbocycles. The standard InChI is InChI=1S/C17H23BrN2O/c18-15-4-2-1-3-14(15)17(8-9-17)12-20-16(21)6-5-13-7-10-19-11-13/h1-4,13,19H,5-12H2,(H,20,21). The molecule has 3 rings (SSSR count). The van der Waals surface area contributed by atoms with Crippen molar-refractivity contribution >= 4 is 21.8 Å². The first-order valence-corrected chi connectivity index (χ1v) is 8.71. The Labute approximate surface area is 135 Å². The summed E-state index contributed by atoms with van der Waals surface area (Å²) in [5.74, 6) is 0.897. The van der Waals surface area contributed by atoms with Crippen LogP contribution in [0.15, 0.2) is 28.7 Å². The van der Waals surface area contributed by atoms with Crippen LogP contribution < -0.4 is 10.6 Å². The van der Waals surface area contributed by atoms with E-state index in [-0.39, 0.29) is 11.3 Å². The Kier molecular flexibility index (Phi) is 4.65. The topological polar surface area (TPSA) is 41.1 Å². The van der Waals surface area contributed by atoms with E-state index in [1.807, 2.05) is 6.07 Å². The van der Waals surface area contributed by atoms with Gasteiger partial charge in [-0.3, -0.25) is 4.79 Å². The molecule has 3 nitrogen and oxygen atoms in total. The van der Waals surface area contributed by atoms with E-state index in [1.165, 1.54) is 24.8 Å². The first kappa shape index (κ1) is 15.0. The van der Waals surface area contributed by atoms with E-state index in [0.717, 1.165) is 30.5 Å². The monoisotopic (exact) mass is 350 g/mol. The quantitative estimate of drug-likeness (QED) is 0.827. The normalized spacial score (nSPS) is 23.0. The minimum Gasteiger partial charge on any atom is -0.355 e. The number of rotatable bonds is 6. The zero-order valence-electron chi connectivity index (χ0n) is 12.3. The molecule has 0 spiro atoms. The lowest BCUT2D eigenvalue weighted by molar-refractivity contribution is -0.121. The van der Waals surface area contributed by atoms with Crippen LogP contribution in [0.2, 0.25) is 0 Å². The van der Waals surface area contributed by atoms with Crippen molar-refractivity contribution in [3.8, 4) is 0 Å². The average molecular weight is 351 g/mol. The number of carbonyl (C=O) groups excluding carboxylic acids is 1. The van der Waals surface area contributed by atoms with E-state index < -0.39 is 0 Å². The highest BCUT2D eigenvalue weighted by Crippen LogP contribution is 2.49. The molecule has 1 amide bonds. The van der Waals surface area contributed by atoms with Gasteiger partial charge < -0.3 is 10.6 Å². The highest BCUT2D eigenvalue weighted by atomic mass is 79.9. The molecule has 0 radical (unpaired) electrons. The Hall–Kier alpha value is -0.870.